The first kappa shape index (κ1) is 31.7. The van der Waals surface area contributed by atoms with Gasteiger partial charge in [0.1, 0.15) is 34.3 Å². The van der Waals surface area contributed by atoms with Crippen molar-refractivity contribution in [1.29, 1.82) is 5.26 Å². The van der Waals surface area contributed by atoms with Gasteiger partial charge in [-0.15, -0.1) is 0 Å². The summed E-state index contributed by atoms with van der Waals surface area (Å²) < 4.78 is 10.4. The molecule has 0 aliphatic heterocycles. The van der Waals surface area contributed by atoms with Gasteiger partial charge in [-0.05, 0) is 68.3 Å². The average Bonchev–Trinajstić information content (AvgIpc) is 3.20. The van der Waals surface area contributed by atoms with Crippen LogP contribution in [0.1, 0.15) is 29.3 Å². The molecule has 0 saturated carbocycles. The number of rotatable bonds is 6. The highest BCUT2D eigenvalue weighted by Crippen LogP contribution is 2.26. The smallest absolute Gasteiger partial charge is 0.300 e. The van der Waals surface area contributed by atoms with E-state index in [0.717, 1.165) is 24.1 Å². The van der Waals surface area contributed by atoms with Crippen LogP contribution in [0.5, 0.6) is 11.6 Å². The van der Waals surface area contributed by atoms with E-state index in [1.165, 1.54) is 9.08 Å². The number of para-hydroxylation sites is 1. The Bertz CT molecular complexity index is 2110. The number of nitriles is 1. The normalized spacial score (nSPS) is 10.9. The standard InChI is InChI=1S/C31H26N6O4.C2H4O2/c1-19-10-8-14-24(16-19)41-29-25(30(39)36-15-9-11-20(2)27(36)34-29)17-22(18-32)28(38)33-26-21(3)35(4)37(31(26)40)23-12-6-5-7-13-23;1-2(3)4/h5-17H,1-4H3,(H,33,38);1H3,(H,3,4). The van der Waals surface area contributed by atoms with Crippen LogP contribution in [0.2, 0.25) is 0 Å². The van der Waals surface area contributed by atoms with E-state index in [4.69, 9.17) is 14.6 Å². The number of carbonyl (C=O) groups is 2. The topological polar surface area (TPSA) is 161 Å². The lowest BCUT2D eigenvalue weighted by Crippen LogP contribution is -2.24. The monoisotopic (exact) mass is 606 g/mol. The van der Waals surface area contributed by atoms with E-state index in [2.05, 4.69) is 10.3 Å². The van der Waals surface area contributed by atoms with Crippen LogP contribution in [-0.4, -0.2) is 35.7 Å². The number of nitrogens with zero attached hydrogens (tertiary/aromatic N) is 5. The first-order valence-corrected chi connectivity index (χ1v) is 13.7. The number of pyridine rings is 1. The van der Waals surface area contributed by atoms with Gasteiger partial charge < -0.3 is 15.2 Å². The lowest BCUT2D eigenvalue weighted by Gasteiger charge is -2.12. The minimum Gasteiger partial charge on any atom is -0.481 e. The maximum Gasteiger partial charge on any atom is 0.300 e. The van der Waals surface area contributed by atoms with Crippen LogP contribution >= 0.6 is 0 Å². The lowest BCUT2D eigenvalue weighted by atomic mass is 10.1. The fourth-order valence-electron chi connectivity index (χ4n) is 4.47. The summed E-state index contributed by atoms with van der Waals surface area (Å²) >= 11 is 0. The third-order valence-electron chi connectivity index (χ3n) is 6.70. The molecule has 3 heterocycles. The van der Waals surface area contributed by atoms with Gasteiger partial charge in [0.25, 0.3) is 23.0 Å². The number of hydrogen-bond donors (Lipinski definition) is 2. The van der Waals surface area contributed by atoms with Crippen LogP contribution in [0.3, 0.4) is 0 Å². The van der Waals surface area contributed by atoms with Gasteiger partial charge >= 0.3 is 0 Å². The summed E-state index contributed by atoms with van der Waals surface area (Å²) in [4.78, 5) is 53.8. The second-order valence-corrected chi connectivity index (χ2v) is 10.0. The number of amides is 1. The number of hydrogen-bond acceptors (Lipinski definition) is 7. The summed E-state index contributed by atoms with van der Waals surface area (Å²) in [6, 6.07) is 21.5. The van der Waals surface area contributed by atoms with Gasteiger partial charge in [0.15, 0.2) is 0 Å². The number of anilines is 1. The van der Waals surface area contributed by atoms with Gasteiger partial charge in [-0.3, -0.25) is 28.3 Å². The SMILES string of the molecule is CC(=O)O.Cc1cccc(Oc2nc3c(C)cccn3c(=O)c2C=C(C#N)C(=O)Nc2c(C)n(C)n(-c3ccccc3)c2=O)c1. The molecule has 0 saturated heterocycles. The zero-order valence-corrected chi connectivity index (χ0v) is 25.2. The molecule has 0 bridgehead atoms. The number of aliphatic carboxylic acids is 1. The van der Waals surface area contributed by atoms with E-state index in [1.54, 1.807) is 73.4 Å². The number of carboxylic acid groups (broad SMARTS) is 1. The molecule has 2 aromatic carbocycles. The molecule has 12 heteroatoms. The van der Waals surface area contributed by atoms with Crippen molar-refractivity contribution >= 4 is 29.3 Å². The molecule has 0 spiro atoms. The van der Waals surface area contributed by atoms with Crippen LogP contribution in [0.4, 0.5) is 5.69 Å². The van der Waals surface area contributed by atoms with Gasteiger partial charge in [0.05, 0.1) is 11.4 Å². The number of nitrogens with one attached hydrogen (secondary N) is 1. The molecule has 45 heavy (non-hydrogen) atoms. The van der Waals surface area contributed by atoms with E-state index in [1.807, 2.05) is 38.1 Å². The molecule has 0 radical (unpaired) electrons. The molecule has 0 unspecified atom stereocenters. The van der Waals surface area contributed by atoms with Gasteiger partial charge in [0.2, 0.25) is 5.88 Å². The maximum absolute atomic E-state index is 13.6. The Kier molecular flexibility index (Phi) is 9.44. The molecule has 12 nitrogen and oxygen atoms in total. The van der Waals surface area contributed by atoms with Crippen molar-refractivity contribution in [3.05, 3.63) is 122 Å². The van der Waals surface area contributed by atoms with Gasteiger partial charge in [-0.2, -0.15) is 10.2 Å². The van der Waals surface area contributed by atoms with Crippen LogP contribution in [0.15, 0.2) is 88.1 Å². The average molecular weight is 607 g/mol. The predicted octanol–water partition coefficient (Wildman–Crippen LogP) is 4.54. The van der Waals surface area contributed by atoms with Crippen molar-refractivity contribution in [1.82, 2.24) is 18.7 Å². The second-order valence-electron chi connectivity index (χ2n) is 10.0. The Hall–Kier alpha value is -6.22. The third kappa shape index (κ3) is 6.89. The summed E-state index contributed by atoms with van der Waals surface area (Å²) in [7, 11) is 1.69. The molecule has 1 amide bonds. The molecule has 5 rings (SSSR count). The van der Waals surface area contributed by atoms with Crippen molar-refractivity contribution in [2.45, 2.75) is 27.7 Å². The van der Waals surface area contributed by atoms with E-state index in [0.29, 0.717) is 22.8 Å². The number of ether oxygens (including phenoxy) is 1. The summed E-state index contributed by atoms with van der Waals surface area (Å²) in [6.45, 7) is 6.48. The highest BCUT2D eigenvalue weighted by Gasteiger charge is 2.22. The molecule has 3 aromatic heterocycles. The lowest BCUT2D eigenvalue weighted by molar-refractivity contribution is -0.134. The molecule has 5 aromatic rings. The first-order chi connectivity index (χ1) is 21.4. The molecule has 0 atom stereocenters. The highest BCUT2D eigenvalue weighted by atomic mass is 16.5. The van der Waals surface area contributed by atoms with E-state index in [-0.39, 0.29) is 17.1 Å². The van der Waals surface area contributed by atoms with Crippen molar-refractivity contribution in [3.8, 4) is 23.4 Å². The summed E-state index contributed by atoms with van der Waals surface area (Å²) in [5, 5.41) is 19.9. The summed E-state index contributed by atoms with van der Waals surface area (Å²) in [5.74, 6) is -1.31. The quantitative estimate of drug-likeness (QED) is 0.210. The third-order valence-corrected chi connectivity index (χ3v) is 6.70. The van der Waals surface area contributed by atoms with E-state index in [9.17, 15) is 19.6 Å². The van der Waals surface area contributed by atoms with Crippen LogP contribution in [-0.2, 0) is 16.6 Å². The van der Waals surface area contributed by atoms with Gasteiger partial charge in [-0.25, -0.2) is 4.68 Å². The molecule has 0 fully saturated rings. The van der Waals surface area contributed by atoms with Crippen LogP contribution in [0, 0.1) is 32.1 Å². The molecule has 0 aliphatic rings. The molecule has 228 valence electrons. The predicted molar refractivity (Wildman–Crippen MR) is 169 cm³/mol. The Morgan fingerprint density at radius 1 is 1.00 bits per heavy atom. The molecular formula is C33H30N6O6. The fraction of sp³-hybridized carbons (Fsp3) is 0.152. The minimum absolute atomic E-state index is 0.0164. The zero-order chi connectivity index (χ0) is 32.8. The Labute approximate surface area is 257 Å². The van der Waals surface area contributed by atoms with Crippen LogP contribution in [0.25, 0.3) is 17.4 Å². The van der Waals surface area contributed by atoms with E-state index >= 15 is 0 Å². The number of benzene rings is 2. The van der Waals surface area contributed by atoms with Crippen LogP contribution < -0.4 is 21.2 Å². The van der Waals surface area contributed by atoms with Crippen molar-refractivity contribution in [3.63, 3.8) is 0 Å². The molecular weight excluding hydrogens is 576 g/mol. The number of fused-ring (bicyclic) bond motifs is 1. The molecule has 2 N–H and O–H groups in total. The number of carboxylic acids is 1. The largest absolute Gasteiger partial charge is 0.481 e. The number of aromatic nitrogens is 4. The van der Waals surface area contributed by atoms with Crippen molar-refractivity contribution in [2.24, 2.45) is 7.05 Å². The minimum atomic E-state index is -0.853. The highest BCUT2D eigenvalue weighted by molar-refractivity contribution is 6.10. The van der Waals surface area contributed by atoms with Crippen molar-refractivity contribution in [2.75, 3.05) is 5.32 Å². The van der Waals surface area contributed by atoms with Gasteiger partial charge in [-0.1, -0.05) is 36.4 Å². The fourth-order valence-corrected chi connectivity index (χ4v) is 4.47. The maximum atomic E-state index is 13.6. The zero-order valence-electron chi connectivity index (χ0n) is 25.2. The first-order valence-electron chi connectivity index (χ1n) is 13.7. The number of aryl methyl sites for hydroxylation is 2. The Balaban J connectivity index is 0.00000109. The number of carbonyl (C=O) groups excluding carboxylic acids is 1. The van der Waals surface area contributed by atoms with Crippen molar-refractivity contribution < 1.29 is 19.4 Å². The van der Waals surface area contributed by atoms with E-state index < -0.39 is 28.6 Å². The van der Waals surface area contributed by atoms with Gasteiger partial charge in [0, 0.05) is 20.2 Å². The Morgan fingerprint density at radius 2 is 1.69 bits per heavy atom. The second kappa shape index (κ2) is 13.4. The summed E-state index contributed by atoms with van der Waals surface area (Å²) in [6.07, 6.45) is 2.69. The Morgan fingerprint density at radius 3 is 2.33 bits per heavy atom. The molecule has 0 aliphatic carbocycles. The summed E-state index contributed by atoms with van der Waals surface area (Å²) in [5.41, 5.74) is 1.68.